The maximum atomic E-state index is 11.9. The normalized spacial score (nSPS) is 16.4. The van der Waals surface area contributed by atoms with Crippen molar-refractivity contribution in [3.05, 3.63) is 23.5 Å². The molecule has 0 aliphatic carbocycles. The van der Waals surface area contributed by atoms with Crippen LogP contribution in [0.1, 0.15) is 12.6 Å². The fourth-order valence-corrected chi connectivity index (χ4v) is 1.75. The molecular formula is C12H14N4O3. The summed E-state index contributed by atoms with van der Waals surface area (Å²) in [7, 11) is 2.68. The van der Waals surface area contributed by atoms with Crippen LogP contribution in [0.2, 0.25) is 0 Å². The number of nitrogens with zero attached hydrogens (tertiary/aromatic N) is 4. The van der Waals surface area contributed by atoms with Gasteiger partial charge in [0, 0.05) is 26.8 Å². The van der Waals surface area contributed by atoms with Crippen LogP contribution in [-0.4, -0.2) is 51.5 Å². The average Bonchev–Trinajstić information content (AvgIpc) is 2.87. The first kappa shape index (κ1) is 13.0. The highest BCUT2D eigenvalue weighted by Gasteiger charge is 2.37. The molecule has 19 heavy (non-hydrogen) atoms. The van der Waals surface area contributed by atoms with Gasteiger partial charge in [-0.1, -0.05) is 0 Å². The molecule has 0 bridgehead atoms. The summed E-state index contributed by atoms with van der Waals surface area (Å²) in [5.41, 5.74) is 0.445. The zero-order valence-electron chi connectivity index (χ0n) is 11.0. The third-order valence-electron chi connectivity index (χ3n) is 2.92. The van der Waals surface area contributed by atoms with Gasteiger partial charge in [-0.05, 0) is 19.1 Å². The second-order valence-electron chi connectivity index (χ2n) is 4.17. The Morgan fingerprint density at radius 3 is 2.21 bits per heavy atom. The summed E-state index contributed by atoms with van der Waals surface area (Å²) in [6.45, 7) is 2.63. The van der Waals surface area contributed by atoms with E-state index in [1.165, 1.54) is 20.2 Å². The number of amides is 4. The van der Waals surface area contributed by atoms with Gasteiger partial charge in [-0.15, -0.1) is 0 Å². The molecule has 0 radical (unpaired) electrons. The lowest BCUT2D eigenvalue weighted by molar-refractivity contribution is -0.134. The van der Waals surface area contributed by atoms with Crippen molar-refractivity contribution in [1.82, 2.24) is 19.6 Å². The number of rotatable bonds is 2. The quantitative estimate of drug-likeness (QED) is 0.569. The Bertz CT molecular complexity index is 562. The molecule has 2 heterocycles. The summed E-state index contributed by atoms with van der Waals surface area (Å²) < 4.78 is 1.68. The summed E-state index contributed by atoms with van der Waals surface area (Å²) in [6.07, 6.45) is 3.15. The number of aryl methyl sites for hydroxylation is 1. The van der Waals surface area contributed by atoms with Gasteiger partial charge in [0.25, 0.3) is 11.8 Å². The van der Waals surface area contributed by atoms with Crippen LogP contribution in [0.4, 0.5) is 4.79 Å². The first-order valence-corrected chi connectivity index (χ1v) is 5.81. The SMILES string of the molecule is CCn1ccc(C=C2C(=O)N(C)C(=O)N(C)C2=O)n1. The number of carbonyl (C=O) groups excluding carboxylic acids is 3. The number of urea groups is 1. The Balaban J connectivity index is 2.39. The highest BCUT2D eigenvalue weighted by Crippen LogP contribution is 2.16. The van der Waals surface area contributed by atoms with E-state index in [0.29, 0.717) is 12.2 Å². The fraction of sp³-hybridized carbons (Fsp3) is 0.333. The molecule has 0 spiro atoms. The Hall–Kier alpha value is -2.44. The Labute approximate surface area is 110 Å². The number of aromatic nitrogens is 2. The minimum atomic E-state index is -0.633. The fourth-order valence-electron chi connectivity index (χ4n) is 1.75. The number of barbiturate groups is 1. The van der Waals surface area contributed by atoms with E-state index >= 15 is 0 Å². The second-order valence-corrected chi connectivity index (χ2v) is 4.17. The molecule has 7 nitrogen and oxygen atoms in total. The predicted molar refractivity (Wildman–Crippen MR) is 66.8 cm³/mol. The van der Waals surface area contributed by atoms with Crippen molar-refractivity contribution in [1.29, 1.82) is 0 Å². The molecule has 0 unspecified atom stereocenters. The summed E-state index contributed by atoms with van der Waals surface area (Å²) in [5, 5.41) is 4.17. The number of carbonyl (C=O) groups is 3. The molecule has 2 rings (SSSR count). The van der Waals surface area contributed by atoms with Gasteiger partial charge >= 0.3 is 6.03 Å². The van der Waals surface area contributed by atoms with Crippen LogP contribution < -0.4 is 0 Å². The number of imide groups is 2. The summed E-state index contributed by atoms with van der Waals surface area (Å²) in [6, 6.07) is 1.07. The Morgan fingerprint density at radius 2 is 1.74 bits per heavy atom. The number of hydrogen-bond acceptors (Lipinski definition) is 4. The maximum absolute atomic E-state index is 11.9. The first-order chi connectivity index (χ1) is 8.95. The van der Waals surface area contributed by atoms with Crippen molar-refractivity contribution >= 4 is 23.9 Å². The molecule has 1 aromatic heterocycles. The molecule has 1 saturated heterocycles. The average molecular weight is 262 g/mol. The van der Waals surface area contributed by atoms with Crippen LogP contribution in [0.15, 0.2) is 17.8 Å². The van der Waals surface area contributed by atoms with Gasteiger partial charge in [0.05, 0.1) is 5.69 Å². The lowest BCUT2D eigenvalue weighted by atomic mass is 10.1. The molecule has 4 amide bonds. The van der Waals surface area contributed by atoms with Crippen LogP contribution in [0.25, 0.3) is 6.08 Å². The van der Waals surface area contributed by atoms with Crippen molar-refractivity contribution in [2.24, 2.45) is 0 Å². The van der Waals surface area contributed by atoms with E-state index in [1.54, 1.807) is 16.9 Å². The molecule has 7 heteroatoms. The summed E-state index contributed by atoms with van der Waals surface area (Å²) >= 11 is 0. The largest absolute Gasteiger partial charge is 0.333 e. The van der Waals surface area contributed by atoms with Gasteiger partial charge in [-0.3, -0.25) is 24.1 Å². The first-order valence-electron chi connectivity index (χ1n) is 5.81. The predicted octanol–water partition coefficient (Wildman–Crippen LogP) is 0.337. The lowest BCUT2D eigenvalue weighted by Crippen LogP contribution is -2.52. The van der Waals surface area contributed by atoms with Crippen molar-refractivity contribution < 1.29 is 14.4 Å². The van der Waals surface area contributed by atoms with Crippen molar-refractivity contribution in [3.63, 3.8) is 0 Å². The van der Waals surface area contributed by atoms with Crippen LogP contribution >= 0.6 is 0 Å². The van der Waals surface area contributed by atoms with E-state index in [1.807, 2.05) is 6.92 Å². The molecule has 0 N–H and O–H groups in total. The maximum Gasteiger partial charge on any atom is 0.333 e. The number of hydrogen-bond donors (Lipinski definition) is 0. The van der Waals surface area contributed by atoms with Crippen molar-refractivity contribution in [3.8, 4) is 0 Å². The standard InChI is InChI=1S/C12H14N4O3/c1-4-16-6-5-8(13-16)7-9-10(17)14(2)12(19)15(3)11(9)18/h5-7H,4H2,1-3H3. The third kappa shape index (κ3) is 2.14. The minimum Gasteiger partial charge on any atom is -0.272 e. The zero-order chi connectivity index (χ0) is 14.2. The van der Waals surface area contributed by atoms with Crippen LogP contribution in [-0.2, 0) is 16.1 Å². The molecule has 0 aromatic carbocycles. The smallest absolute Gasteiger partial charge is 0.272 e. The van der Waals surface area contributed by atoms with Crippen LogP contribution in [0.3, 0.4) is 0 Å². The molecule has 100 valence electrons. The zero-order valence-corrected chi connectivity index (χ0v) is 11.0. The van der Waals surface area contributed by atoms with E-state index in [9.17, 15) is 14.4 Å². The number of likely N-dealkylation sites (N-methyl/N-ethyl adjacent to an activating group) is 2. The Kier molecular flexibility index (Phi) is 3.20. The molecule has 1 fully saturated rings. The topological polar surface area (TPSA) is 75.5 Å². The van der Waals surface area contributed by atoms with E-state index in [-0.39, 0.29) is 5.57 Å². The van der Waals surface area contributed by atoms with Crippen molar-refractivity contribution in [2.75, 3.05) is 14.1 Å². The van der Waals surface area contributed by atoms with Gasteiger partial charge in [-0.25, -0.2) is 4.79 Å². The highest BCUT2D eigenvalue weighted by molar-refractivity contribution is 6.30. The molecule has 1 aliphatic heterocycles. The highest BCUT2D eigenvalue weighted by atomic mass is 16.2. The van der Waals surface area contributed by atoms with E-state index in [4.69, 9.17) is 0 Å². The lowest BCUT2D eigenvalue weighted by Gasteiger charge is -2.28. The second kappa shape index (κ2) is 4.68. The van der Waals surface area contributed by atoms with Gasteiger partial charge in [0.15, 0.2) is 0 Å². The molecule has 1 aromatic rings. The van der Waals surface area contributed by atoms with Crippen LogP contribution in [0, 0.1) is 0 Å². The van der Waals surface area contributed by atoms with Crippen LogP contribution in [0.5, 0.6) is 0 Å². The molecular weight excluding hydrogens is 248 g/mol. The van der Waals surface area contributed by atoms with Gasteiger partial charge in [-0.2, -0.15) is 5.10 Å². The van der Waals surface area contributed by atoms with Gasteiger partial charge in [0.2, 0.25) is 0 Å². The van der Waals surface area contributed by atoms with Crippen molar-refractivity contribution in [2.45, 2.75) is 13.5 Å². The molecule has 0 atom stereocenters. The van der Waals surface area contributed by atoms with E-state index in [2.05, 4.69) is 5.10 Å². The third-order valence-corrected chi connectivity index (χ3v) is 2.92. The summed E-state index contributed by atoms with van der Waals surface area (Å²) in [5.74, 6) is -1.22. The van der Waals surface area contributed by atoms with E-state index < -0.39 is 17.8 Å². The van der Waals surface area contributed by atoms with Gasteiger partial charge < -0.3 is 0 Å². The van der Waals surface area contributed by atoms with E-state index in [0.717, 1.165) is 9.80 Å². The molecule has 0 saturated carbocycles. The summed E-state index contributed by atoms with van der Waals surface area (Å²) in [4.78, 5) is 37.2. The monoisotopic (exact) mass is 262 g/mol. The minimum absolute atomic E-state index is 0.0639. The van der Waals surface area contributed by atoms with Gasteiger partial charge in [0.1, 0.15) is 5.57 Å². The molecule has 1 aliphatic rings. The Morgan fingerprint density at radius 1 is 1.16 bits per heavy atom.